The summed E-state index contributed by atoms with van der Waals surface area (Å²) in [6, 6.07) is 3.21. The summed E-state index contributed by atoms with van der Waals surface area (Å²) in [6.07, 6.45) is 1.01. The summed E-state index contributed by atoms with van der Waals surface area (Å²) >= 11 is 0. The van der Waals surface area contributed by atoms with E-state index in [9.17, 15) is 9.18 Å². The van der Waals surface area contributed by atoms with Gasteiger partial charge in [-0.2, -0.15) is 9.37 Å². The Morgan fingerprint density at radius 2 is 2.30 bits per heavy atom. The first-order valence-corrected chi connectivity index (χ1v) is 5.75. The summed E-state index contributed by atoms with van der Waals surface area (Å²) in [5, 5.41) is 5.29. The first kappa shape index (κ1) is 13.8. The van der Waals surface area contributed by atoms with Gasteiger partial charge < -0.3 is 19.8 Å². The fourth-order valence-corrected chi connectivity index (χ4v) is 1.46. The minimum absolute atomic E-state index is 0.145. The van der Waals surface area contributed by atoms with Gasteiger partial charge >= 0.3 is 0 Å². The molecule has 2 aromatic heterocycles. The van der Waals surface area contributed by atoms with Crippen molar-refractivity contribution in [3.05, 3.63) is 35.7 Å². The zero-order chi connectivity index (χ0) is 14.5. The summed E-state index contributed by atoms with van der Waals surface area (Å²) < 4.78 is 23.2. The van der Waals surface area contributed by atoms with Crippen LogP contribution < -0.4 is 15.4 Å². The standard InChI is InChI=1S/C12H13FN4O3/c1-14-10(18)9-4-3-7(20-9)5-15-12-16-6-8(13)11(17-12)19-2/h3-4,6H,5H2,1-2H3,(H,14,18)(H,15,16,17). The highest BCUT2D eigenvalue weighted by atomic mass is 19.1. The molecule has 0 atom stereocenters. The van der Waals surface area contributed by atoms with Gasteiger partial charge in [0, 0.05) is 7.05 Å². The second kappa shape index (κ2) is 6.00. The van der Waals surface area contributed by atoms with Gasteiger partial charge in [0.05, 0.1) is 19.9 Å². The number of hydrogen-bond donors (Lipinski definition) is 2. The van der Waals surface area contributed by atoms with Crippen molar-refractivity contribution in [2.24, 2.45) is 0 Å². The van der Waals surface area contributed by atoms with Gasteiger partial charge in [-0.15, -0.1) is 0 Å². The molecular formula is C12H13FN4O3. The predicted octanol–water partition coefficient (Wildman–Crippen LogP) is 1.19. The molecule has 1 amide bonds. The van der Waals surface area contributed by atoms with E-state index in [-0.39, 0.29) is 30.0 Å². The van der Waals surface area contributed by atoms with E-state index in [0.717, 1.165) is 6.20 Å². The lowest BCUT2D eigenvalue weighted by atomic mass is 10.4. The summed E-state index contributed by atoms with van der Waals surface area (Å²) in [4.78, 5) is 18.9. The molecule has 0 unspecified atom stereocenters. The molecule has 0 aliphatic rings. The topological polar surface area (TPSA) is 89.3 Å². The zero-order valence-electron chi connectivity index (χ0n) is 10.9. The summed E-state index contributed by atoms with van der Waals surface area (Å²) in [5.41, 5.74) is 0. The van der Waals surface area contributed by atoms with Crippen LogP contribution in [-0.2, 0) is 6.54 Å². The Balaban J connectivity index is 2.01. The molecule has 2 heterocycles. The van der Waals surface area contributed by atoms with Crippen LogP contribution in [0.25, 0.3) is 0 Å². The van der Waals surface area contributed by atoms with Gasteiger partial charge in [0.2, 0.25) is 11.8 Å². The Hall–Kier alpha value is -2.64. The highest BCUT2D eigenvalue weighted by Gasteiger charge is 2.10. The van der Waals surface area contributed by atoms with E-state index >= 15 is 0 Å². The summed E-state index contributed by atoms with van der Waals surface area (Å²) in [5.74, 6) is -0.166. The highest BCUT2D eigenvalue weighted by molar-refractivity contribution is 5.91. The molecule has 7 nitrogen and oxygen atoms in total. The van der Waals surface area contributed by atoms with Gasteiger partial charge in [-0.1, -0.05) is 0 Å². The van der Waals surface area contributed by atoms with E-state index in [0.29, 0.717) is 5.76 Å². The minimum atomic E-state index is -0.641. The summed E-state index contributed by atoms with van der Waals surface area (Å²) in [6.45, 7) is 0.256. The first-order chi connectivity index (χ1) is 9.63. The van der Waals surface area contributed by atoms with Crippen LogP contribution in [-0.4, -0.2) is 30.0 Å². The van der Waals surface area contributed by atoms with Crippen LogP contribution in [0.1, 0.15) is 16.3 Å². The molecule has 0 aromatic carbocycles. The fourth-order valence-electron chi connectivity index (χ4n) is 1.46. The lowest BCUT2D eigenvalue weighted by molar-refractivity contribution is 0.0934. The average molecular weight is 280 g/mol. The van der Waals surface area contributed by atoms with Crippen molar-refractivity contribution in [3.63, 3.8) is 0 Å². The molecule has 0 bridgehead atoms. The Morgan fingerprint density at radius 1 is 1.50 bits per heavy atom. The van der Waals surface area contributed by atoms with Crippen molar-refractivity contribution in [3.8, 4) is 5.88 Å². The van der Waals surface area contributed by atoms with Crippen molar-refractivity contribution < 1.29 is 18.3 Å². The number of carbonyl (C=O) groups is 1. The van der Waals surface area contributed by atoms with Crippen molar-refractivity contribution in [1.82, 2.24) is 15.3 Å². The molecule has 106 valence electrons. The molecule has 0 saturated carbocycles. The number of aromatic nitrogens is 2. The number of hydrogen-bond acceptors (Lipinski definition) is 6. The highest BCUT2D eigenvalue weighted by Crippen LogP contribution is 2.15. The number of nitrogens with one attached hydrogen (secondary N) is 2. The number of halogens is 1. The largest absolute Gasteiger partial charge is 0.479 e. The molecule has 0 aliphatic carbocycles. The van der Waals surface area contributed by atoms with Crippen molar-refractivity contribution in [2.45, 2.75) is 6.54 Å². The second-order valence-electron chi connectivity index (χ2n) is 3.75. The van der Waals surface area contributed by atoms with Crippen LogP contribution in [0.5, 0.6) is 5.88 Å². The maximum atomic E-state index is 13.1. The van der Waals surface area contributed by atoms with Crippen LogP contribution in [0.3, 0.4) is 0 Å². The maximum absolute atomic E-state index is 13.1. The molecule has 2 aromatic rings. The lowest BCUT2D eigenvalue weighted by Gasteiger charge is -2.05. The van der Waals surface area contributed by atoms with Crippen molar-refractivity contribution in [2.75, 3.05) is 19.5 Å². The van der Waals surface area contributed by atoms with Gasteiger partial charge in [0.25, 0.3) is 11.8 Å². The number of nitrogens with zero attached hydrogens (tertiary/aromatic N) is 2. The number of anilines is 1. The van der Waals surface area contributed by atoms with Crippen molar-refractivity contribution >= 4 is 11.9 Å². The Labute approximate surface area is 114 Å². The number of furan rings is 1. The van der Waals surface area contributed by atoms with E-state index in [1.54, 1.807) is 12.1 Å². The van der Waals surface area contributed by atoms with Gasteiger partial charge in [-0.25, -0.2) is 4.98 Å². The summed E-state index contributed by atoms with van der Waals surface area (Å²) in [7, 11) is 2.83. The van der Waals surface area contributed by atoms with E-state index in [1.165, 1.54) is 14.2 Å². The number of amides is 1. The molecular weight excluding hydrogens is 267 g/mol. The number of ether oxygens (including phenoxy) is 1. The fraction of sp³-hybridized carbons (Fsp3) is 0.250. The Bertz CT molecular complexity index is 614. The molecule has 20 heavy (non-hydrogen) atoms. The second-order valence-corrected chi connectivity index (χ2v) is 3.75. The molecule has 2 N–H and O–H groups in total. The van der Waals surface area contributed by atoms with Crippen LogP contribution in [0, 0.1) is 5.82 Å². The molecule has 0 saturated heterocycles. The molecule has 8 heteroatoms. The SMILES string of the molecule is CNC(=O)c1ccc(CNc2ncc(F)c(OC)n2)o1. The molecule has 0 radical (unpaired) electrons. The van der Waals surface area contributed by atoms with E-state index < -0.39 is 5.82 Å². The van der Waals surface area contributed by atoms with E-state index in [4.69, 9.17) is 9.15 Å². The van der Waals surface area contributed by atoms with Crippen molar-refractivity contribution in [1.29, 1.82) is 0 Å². The third-order valence-electron chi connectivity index (χ3n) is 2.44. The predicted molar refractivity (Wildman–Crippen MR) is 68.0 cm³/mol. The number of methoxy groups -OCH3 is 1. The van der Waals surface area contributed by atoms with Gasteiger partial charge in [-0.05, 0) is 12.1 Å². The Morgan fingerprint density at radius 3 is 3.00 bits per heavy atom. The maximum Gasteiger partial charge on any atom is 0.286 e. The molecule has 2 rings (SSSR count). The third kappa shape index (κ3) is 3.02. The van der Waals surface area contributed by atoms with Gasteiger partial charge in [0.15, 0.2) is 5.76 Å². The van der Waals surface area contributed by atoms with Crippen LogP contribution in [0.4, 0.5) is 10.3 Å². The molecule has 0 fully saturated rings. The normalized spacial score (nSPS) is 10.2. The van der Waals surface area contributed by atoms with E-state index in [2.05, 4.69) is 20.6 Å². The Kier molecular flexibility index (Phi) is 4.14. The van der Waals surface area contributed by atoms with Crippen LogP contribution in [0.2, 0.25) is 0 Å². The number of rotatable bonds is 5. The lowest BCUT2D eigenvalue weighted by Crippen LogP contribution is -2.16. The third-order valence-corrected chi connectivity index (χ3v) is 2.44. The quantitative estimate of drug-likeness (QED) is 0.855. The minimum Gasteiger partial charge on any atom is -0.479 e. The smallest absolute Gasteiger partial charge is 0.286 e. The number of carbonyl (C=O) groups excluding carboxylic acids is 1. The van der Waals surface area contributed by atoms with Gasteiger partial charge in [-0.3, -0.25) is 4.79 Å². The molecule has 0 spiro atoms. The van der Waals surface area contributed by atoms with Crippen LogP contribution in [0.15, 0.2) is 22.7 Å². The van der Waals surface area contributed by atoms with E-state index in [1.807, 2.05) is 0 Å². The first-order valence-electron chi connectivity index (χ1n) is 5.75. The molecule has 0 aliphatic heterocycles. The van der Waals surface area contributed by atoms with Crippen LogP contribution >= 0.6 is 0 Å². The monoisotopic (exact) mass is 280 g/mol. The zero-order valence-corrected chi connectivity index (χ0v) is 10.9. The van der Waals surface area contributed by atoms with Gasteiger partial charge in [0.1, 0.15) is 5.76 Å². The average Bonchev–Trinajstić information content (AvgIpc) is 2.94.